The maximum Gasteiger partial charge on any atom is 0.258 e. The quantitative estimate of drug-likeness (QED) is 0.0597. The first-order valence-electron chi connectivity index (χ1n) is 33.1. The molecule has 3 aliphatic rings. The number of nitrogens with zero attached hydrogens (tertiary/aromatic N) is 8. The Morgan fingerprint density at radius 1 is 0.519 bits per heavy atom. The maximum atomic E-state index is 14.4. The summed E-state index contributed by atoms with van der Waals surface area (Å²) < 4.78 is 108. The number of phenolic OH excluding ortho intramolecular Hbond substituents is 2. The third kappa shape index (κ3) is 15.3. The first-order chi connectivity index (χ1) is 49.9. The number of sulfonamides is 3. The van der Waals surface area contributed by atoms with Crippen LogP contribution in [0.2, 0.25) is 28.2 Å². The van der Waals surface area contributed by atoms with Crippen molar-refractivity contribution in [2.45, 2.75) is 84.8 Å². The zero-order chi connectivity index (χ0) is 76.9. The Hall–Kier alpha value is -10.2. The minimum atomic E-state index is -3.69. The van der Waals surface area contributed by atoms with Gasteiger partial charge in [0, 0.05) is 110 Å². The number of hydrogen-bond donors (Lipinski definition) is 3. The summed E-state index contributed by atoms with van der Waals surface area (Å²) in [5.74, 6) is 1.14. The van der Waals surface area contributed by atoms with E-state index in [1.807, 2.05) is 60.7 Å². The summed E-state index contributed by atoms with van der Waals surface area (Å²) in [4.78, 5) is 56.4. The molecule has 3 amide bonds. The molecule has 6 heterocycles. The average molecular weight is 1560 g/mol. The summed E-state index contributed by atoms with van der Waals surface area (Å²) in [6, 6.07) is 35.6. The van der Waals surface area contributed by atoms with Gasteiger partial charge in [0.15, 0.2) is 17.2 Å². The Morgan fingerprint density at radius 2 is 0.925 bits per heavy atom. The van der Waals surface area contributed by atoms with Crippen LogP contribution in [-0.2, 0) is 76.0 Å². The second-order valence-electron chi connectivity index (χ2n) is 27.1. The van der Waals surface area contributed by atoms with Crippen LogP contribution in [0.1, 0.15) is 90.8 Å². The van der Waals surface area contributed by atoms with Gasteiger partial charge < -0.3 is 48.7 Å². The third-order valence-corrected chi connectivity index (χ3v) is 27.6. The molecule has 0 unspecified atom stereocenters. The number of methoxy groups -OCH3 is 2. The molecule has 7 aromatic carbocycles. The van der Waals surface area contributed by atoms with Crippen LogP contribution >= 0.6 is 23.2 Å². The van der Waals surface area contributed by atoms with Crippen molar-refractivity contribution in [3.05, 3.63) is 206 Å². The van der Waals surface area contributed by atoms with Crippen LogP contribution in [0.3, 0.4) is 0 Å². The van der Waals surface area contributed by atoms with Gasteiger partial charge in [-0.3, -0.25) is 42.3 Å². The van der Waals surface area contributed by atoms with Gasteiger partial charge in [-0.15, -0.1) is 0 Å². The number of para-hydroxylation sites is 2. The summed E-state index contributed by atoms with van der Waals surface area (Å²) in [6.07, 6.45) is 7.98. The number of hydrogen-bond acceptors (Lipinski definition) is 19. The second kappa shape index (κ2) is 30.0. The van der Waals surface area contributed by atoms with Crippen LogP contribution in [0.4, 0.5) is 17.1 Å². The van der Waals surface area contributed by atoms with Gasteiger partial charge in [-0.05, 0) is 102 Å². The monoisotopic (exact) mass is 1560 g/mol. The van der Waals surface area contributed by atoms with Gasteiger partial charge in [-0.1, -0.05) is 92.5 Å². The number of carbonyl (C=O) groups excluding carboxylic acids is 3. The van der Waals surface area contributed by atoms with Gasteiger partial charge in [-0.25, -0.2) is 25.3 Å². The van der Waals surface area contributed by atoms with Gasteiger partial charge >= 0.3 is 0 Å². The van der Waals surface area contributed by atoms with Crippen LogP contribution < -0.4 is 41.6 Å². The molecule has 0 aliphatic carbocycles. The SMILES string of the molecule is CN(c1c2c(c(O)c3ncccc13)C(=O)N(Cc1cccc(Cl)c1O)C2)S(C)(=O)=O.COc1ccc(COc2c3c(c(N(C)S(C)(=O)=O)c4cccnc24)CN(Cc2cccc(Cl)c2O[Si](C)(C)C(C)(C)C)C3=O)cc1.COc1ccc(COc2c3c(c(N(C)S(C)(=O)=O)c4cccnc24)CNC3=O)cc1. The van der Waals surface area contributed by atoms with E-state index < -0.39 is 44.3 Å². The highest BCUT2D eigenvalue weighted by Crippen LogP contribution is 2.49. The minimum absolute atomic E-state index is 0.00761. The highest BCUT2D eigenvalue weighted by molar-refractivity contribution is 7.92. The van der Waals surface area contributed by atoms with Crippen LogP contribution in [0.15, 0.2) is 140 Å². The fraction of sp³-hybridized carbons (Fsp3) is 0.280. The molecule has 3 aliphatic heterocycles. The van der Waals surface area contributed by atoms with Gasteiger partial charge in [0.1, 0.15) is 52.8 Å². The molecule has 0 saturated carbocycles. The van der Waals surface area contributed by atoms with Crippen LogP contribution in [0, 0.1) is 0 Å². The summed E-state index contributed by atoms with van der Waals surface area (Å²) in [5.41, 5.74) is 7.20. The molecule has 3 N–H and O–H groups in total. The predicted molar refractivity (Wildman–Crippen MR) is 412 cm³/mol. The van der Waals surface area contributed by atoms with Crippen molar-refractivity contribution >= 4 is 129 Å². The number of nitrogens with one attached hydrogen (secondary N) is 1. The van der Waals surface area contributed by atoms with Gasteiger partial charge in [0.25, 0.3) is 26.0 Å². The molecule has 0 bridgehead atoms. The molecule has 10 aromatic rings. The molecule has 13 rings (SSSR count). The van der Waals surface area contributed by atoms with E-state index in [0.717, 1.165) is 45.5 Å². The van der Waals surface area contributed by atoms with E-state index in [-0.39, 0.29) is 90.4 Å². The first-order valence-corrected chi connectivity index (χ1v) is 42.3. The maximum absolute atomic E-state index is 14.4. The molecule has 0 spiro atoms. The Balaban J connectivity index is 0.000000165. The van der Waals surface area contributed by atoms with E-state index in [4.69, 9.17) is 46.6 Å². The Bertz CT molecular complexity index is 5520. The standard InChI is InChI=1S/C34H40ClN3O6SSi.C21H21N3O5S.C20H18ClN3O5S/c1-34(2,3)46(7,8)44-31-23(11-9-13-27(31)35)19-38-20-26-28(33(38)39)32(43-21-22-14-16-24(42-5)17-15-22)29-25(12-10-18-36-29)30(26)37(4)45(6,40)41;1-24(30(3,26)27)19-15-5-4-10-22-18(15)20(17-16(19)11-23-21(17)25)29-12-13-6-8-14(28-2)9-7-13;1-23(30(2,28)29)17-12-6-4-8-22-16(12)19(26)15-13(17)10-24(20(15)27)9-11-5-3-7-14(21)18(11)25/h9-18H,19-21H2,1-8H3;4-10H,11-12H2,1-3H3,(H,23,25);3-8,25-26H,9-10H2,1-2H3. The lowest BCUT2D eigenvalue weighted by atomic mass is 10.0. The topological polar surface area (TPSA) is 307 Å². The molecule has 556 valence electrons. The summed E-state index contributed by atoms with van der Waals surface area (Å²) >= 11 is 12.7. The summed E-state index contributed by atoms with van der Waals surface area (Å²) in [5, 5.41) is 25.9. The van der Waals surface area contributed by atoms with E-state index in [9.17, 15) is 49.9 Å². The molecule has 0 fully saturated rings. The Kier molecular flexibility index (Phi) is 21.8. The molecule has 3 aromatic heterocycles. The van der Waals surface area contributed by atoms with Crippen molar-refractivity contribution in [3.8, 4) is 40.2 Å². The highest BCUT2D eigenvalue weighted by atomic mass is 35.5. The lowest BCUT2D eigenvalue weighted by molar-refractivity contribution is 0.0755. The van der Waals surface area contributed by atoms with Gasteiger partial charge in [-0.2, -0.15) is 0 Å². The van der Waals surface area contributed by atoms with Crippen molar-refractivity contribution in [3.63, 3.8) is 0 Å². The van der Waals surface area contributed by atoms with Crippen molar-refractivity contribution in [1.82, 2.24) is 30.1 Å². The van der Waals surface area contributed by atoms with Crippen molar-refractivity contribution in [1.29, 1.82) is 0 Å². The largest absolute Gasteiger partial charge is 0.542 e. The van der Waals surface area contributed by atoms with Crippen molar-refractivity contribution in [2.75, 3.05) is 67.0 Å². The zero-order valence-electron chi connectivity index (χ0n) is 60.4. The normalized spacial score (nSPS) is 13.5. The third-order valence-electron chi connectivity index (χ3n) is 19.2. The van der Waals surface area contributed by atoms with E-state index >= 15 is 0 Å². The molecule has 0 atom stereocenters. The van der Waals surface area contributed by atoms with Crippen LogP contribution in [-0.4, -0.2) is 140 Å². The summed E-state index contributed by atoms with van der Waals surface area (Å²) in [7, 11) is -5.62. The van der Waals surface area contributed by atoms with Crippen LogP contribution in [0.25, 0.3) is 32.7 Å². The molecule has 0 radical (unpaired) electrons. The molecule has 25 nitrogen and oxygen atoms in total. The van der Waals surface area contributed by atoms with Crippen molar-refractivity contribution < 1.29 is 73.2 Å². The molecule has 31 heteroatoms. The number of benzene rings is 7. The Morgan fingerprint density at radius 3 is 1.39 bits per heavy atom. The van der Waals surface area contributed by atoms with Gasteiger partial charge in [0.05, 0.1) is 83.3 Å². The van der Waals surface area contributed by atoms with E-state index in [0.29, 0.717) is 106 Å². The van der Waals surface area contributed by atoms with Crippen molar-refractivity contribution in [2.24, 2.45) is 0 Å². The van der Waals surface area contributed by atoms with E-state index in [1.165, 1.54) is 46.9 Å². The zero-order valence-corrected chi connectivity index (χ0v) is 65.4. The number of pyridine rings is 3. The average Bonchev–Trinajstić information content (AvgIpc) is 1.52. The van der Waals surface area contributed by atoms with E-state index in [2.05, 4.69) is 54.1 Å². The number of carbonyl (C=O) groups is 3. The lowest BCUT2D eigenvalue weighted by Crippen LogP contribution is -2.44. The highest BCUT2D eigenvalue weighted by Gasteiger charge is 2.43. The molecular formula is C75H79Cl2N9O16S3Si. The number of amides is 3. The fourth-order valence-corrected chi connectivity index (χ4v) is 15.6. The predicted octanol–water partition coefficient (Wildman–Crippen LogP) is 12.7. The Labute approximate surface area is 626 Å². The van der Waals surface area contributed by atoms with Crippen LogP contribution in [0.5, 0.6) is 40.2 Å². The number of rotatable bonds is 20. The molecule has 106 heavy (non-hydrogen) atoms. The number of phenols is 2. The van der Waals surface area contributed by atoms with E-state index in [1.54, 1.807) is 86.1 Å². The number of ether oxygens (including phenoxy) is 4. The molecule has 0 saturated heterocycles. The number of aromatic hydroxyl groups is 2. The lowest BCUT2D eigenvalue weighted by Gasteiger charge is -2.37. The smallest absolute Gasteiger partial charge is 0.258 e. The minimum Gasteiger partial charge on any atom is -0.542 e. The number of anilines is 3. The van der Waals surface area contributed by atoms with Gasteiger partial charge in [0.2, 0.25) is 30.1 Å². The fourth-order valence-electron chi connectivity index (χ4n) is 12.4. The number of aromatic nitrogens is 3. The number of halogens is 2. The molecular weight excluding hydrogens is 1480 g/mol. The summed E-state index contributed by atoms with van der Waals surface area (Å²) in [6.45, 7) is 11.8. The second-order valence-corrected chi connectivity index (χ2v) is 38.7. The number of fused-ring (bicyclic) bond motifs is 6. The first kappa shape index (κ1) is 76.9.